The molecule has 0 fully saturated rings. The molecule has 1 aromatic heterocycles. The number of carbonyl (C=O) groups excluding carboxylic acids is 1. The van der Waals surface area contributed by atoms with Crippen molar-refractivity contribution in [2.75, 3.05) is 11.9 Å². The molecule has 0 amide bonds. The van der Waals surface area contributed by atoms with E-state index in [1.807, 2.05) is 0 Å². The van der Waals surface area contributed by atoms with Crippen LogP contribution in [0.25, 0.3) is 0 Å². The molecule has 22 heavy (non-hydrogen) atoms. The fourth-order valence-corrected chi connectivity index (χ4v) is 1.64. The van der Waals surface area contributed by atoms with Gasteiger partial charge in [0, 0.05) is 11.9 Å². The van der Waals surface area contributed by atoms with E-state index >= 15 is 0 Å². The first kappa shape index (κ1) is 15.7. The van der Waals surface area contributed by atoms with Gasteiger partial charge in [0.2, 0.25) is 5.95 Å². The third kappa shape index (κ3) is 3.94. The first-order chi connectivity index (χ1) is 10.4. The second-order valence-corrected chi connectivity index (χ2v) is 4.19. The van der Waals surface area contributed by atoms with Crippen LogP contribution in [-0.2, 0) is 10.9 Å². The number of nitrogens with zero attached hydrogens (tertiary/aromatic N) is 2. The van der Waals surface area contributed by atoms with Gasteiger partial charge in [-0.3, -0.25) is 0 Å². The Bertz CT molecular complexity index is 674. The Hall–Kier alpha value is -2.64. The van der Waals surface area contributed by atoms with Crippen molar-refractivity contribution in [2.45, 2.75) is 13.1 Å². The lowest BCUT2D eigenvalue weighted by molar-refractivity contribution is -0.141. The number of carbonyl (C=O) groups is 1. The number of ether oxygens (including phenoxy) is 1. The number of hydrogen-bond donors (Lipinski definition) is 1. The Morgan fingerprint density at radius 3 is 2.77 bits per heavy atom. The van der Waals surface area contributed by atoms with E-state index in [4.69, 9.17) is 4.74 Å². The number of rotatable bonds is 4. The lowest BCUT2D eigenvalue weighted by Crippen LogP contribution is -2.10. The van der Waals surface area contributed by atoms with Crippen LogP contribution >= 0.6 is 0 Å². The summed E-state index contributed by atoms with van der Waals surface area (Å²) in [5.74, 6) is -0.730. The molecule has 0 aliphatic heterocycles. The quantitative estimate of drug-likeness (QED) is 0.877. The zero-order valence-electron chi connectivity index (χ0n) is 11.5. The molecule has 116 valence electrons. The smallest absolute Gasteiger partial charge is 0.433 e. The molecule has 0 saturated heterocycles. The highest BCUT2D eigenvalue weighted by molar-refractivity contribution is 5.90. The fourth-order valence-electron chi connectivity index (χ4n) is 1.64. The molecule has 0 saturated carbocycles. The minimum Gasteiger partial charge on any atom is -0.462 e. The predicted molar refractivity (Wildman–Crippen MR) is 72.7 cm³/mol. The third-order valence-corrected chi connectivity index (χ3v) is 2.58. The van der Waals surface area contributed by atoms with Crippen LogP contribution in [-0.4, -0.2) is 22.5 Å². The van der Waals surface area contributed by atoms with Crippen LogP contribution in [0.4, 0.5) is 24.8 Å². The number of hydrogen-bond acceptors (Lipinski definition) is 5. The molecule has 1 aromatic carbocycles. The minimum absolute atomic E-state index is 0.212. The van der Waals surface area contributed by atoms with E-state index in [1.165, 1.54) is 12.1 Å². The highest BCUT2D eigenvalue weighted by atomic mass is 19.4. The Morgan fingerprint density at radius 1 is 1.32 bits per heavy atom. The van der Waals surface area contributed by atoms with Crippen molar-refractivity contribution >= 4 is 17.6 Å². The largest absolute Gasteiger partial charge is 0.462 e. The molecule has 1 N–H and O–H groups in total. The molecule has 0 unspecified atom stereocenters. The van der Waals surface area contributed by atoms with Crippen LogP contribution in [0.15, 0.2) is 36.5 Å². The fraction of sp³-hybridized carbons (Fsp3) is 0.214. The Morgan fingerprint density at radius 2 is 2.09 bits per heavy atom. The maximum atomic E-state index is 12.6. The van der Waals surface area contributed by atoms with Crippen LogP contribution in [0.2, 0.25) is 0 Å². The van der Waals surface area contributed by atoms with E-state index in [0.29, 0.717) is 5.69 Å². The molecule has 0 spiro atoms. The number of aromatic nitrogens is 2. The zero-order chi connectivity index (χ0) is 16.2. The lowest BCUT2D eigenvalue weighted by Gasteiger charge is -2.09. The standard InChI is InChI=1S/C14H12F3N3O2/c1-2-22-12(21)9-4-3-5-10(8-9)19-13-18-7-6-11(20-13)14(15,16)17/h3-8H,2H2,1H3,(H,18,19,20). The number of nitrogens with one attached hydrogen (secondary N) is 1. The van der Waals surface area contributed by atoms with Gasteiger partial charge in [-0.25, -0.2) is 14.8 Å². The van der Waals surface area contributed by atoms with E-state index in [1.54, 1.807) is 19.1 Å². The summed E-state index contributed by atoms with van der Waals surface area (Å²) in [6, 6.07) is 6.91. The van der Waals surface area contributed by atoms with E-state index in [9.17, 15) is 18.0 Å². The third-order valence-electron chi connectivity index (χ3n) is 2.58. The average molecular weight is 311 g/mol. The van der Waals surface area contributed by atoms with Crippen LogP contribution in [0.3, 0.4) is 0 Å². The Balaban J connectivity index is 2.21. The number of anilines is 2. The SMILES string of the molecule is CCOC(=O)c1cccc(Nc2nccc(C(F)(F)F)n2)c1. The van der Waals surface area contributed by atoms with Gasteiger partial charge in [0.25, 0.3) is 0 Å². The molecule has 8 heteroatoms. The van der Waals surface area contributed by atoms with E-state index in [0.717, 1.165) is 12.3 Å². The lowest BCUT2D eigenvalue weighted by atomic mass is 10.2. The summed E-state index contributed by atoms with van der Waals surface area (Å²) >= 11 is 0. The van der Waals surface area contributed by atoms with E-state index in [2.05, 4.69) is 15.3 Å². The predicted octanol–water partition coefficient (Wildman–Crippen LogP) is 3.42. The van der Waals surface area contributed by atoms with E-state index in [-0.39, 0.29) is 18.1 Å². The molecular weight excluding hydrogens is 299 g/mol. The number of esters is 1. The molecule has 2 aromatic rings. The monoisotopic (exact) mass is 311 g/mol. The summed E-state index contributed by atoms with van der Waals surface area (Å²) < 4.78 is 42.6. The van der Waals surface area contributed by atoms with Crippen molar-refractivity contribution < 1.29 is 22.7 Å². The molecule has 2 rings (SSSR count). The van der Waals surface area contributed by atoms with Gasteiger partial charge in [-0.05, 0) is 31.2 Å². The topological polar surface area (TPSA) is 64.1 Å². The van der Waals surface area contributed by atoms with Crippen molar-refractivity contribution in [1.82, 2.24) is 9.97 Å². The van der Waals surface area contributed by atoms with Crippen LogP contribution in [0.5, 0.6) is 0 Å². The first-order valence-electron chi connectivity index (χ1n) is 6.34. The van der Waals surface area contributed by atoms with Crippen molar-refractivity contribution in [1.29, 1.82) is 0 Å². The maximum absolute atomic E-state index is 12.6. The molecule has 0 radical (unpaired) electrons. The minimum atomic E-state index is -4.55. The average Bonchev–Trinajstić information content (AvgIpc) is 2.47. The molecule has 0 bridgehead atoms. The van der Waals surface area contributed by atoms with Crippen molar-refractivity contribution in [3.63, 3.8) is 0 Å². The van der Waals surface area contributed by atoms with Gasteiger partial charge < -0.3 is 10.1 Å². The summed E-state index contributed by atoms with van der Waals surface area (Å²) in [7, 11) is 0. The van der Waals surface area contributed by atoms with Gasteiger partial charge in [0.1, 0.15) is 5.69 Å². The second kappa shape index (κ2) is 6.42. The highest BCUT2D eigenvalue weighted by Gasteiger charge is 2.32. The van der Waals surface area contributed by atoms with Crippen LogP contribution < -0.4 is 5.32 Å². The molecule has 5 nitrogen and oxygen atoms in total. The molecule has 0 aliphatic rings. The number of alkyl halides is 3. The van der Waals surface area contributed by atoms with E-state index < -0.39 is 17.8 Å². The second-order valence-electron chi connectivity index (χ2n) is 4.19. The molecule has 0 atom stereocenters. The highest BCUT2D eigenvalue weighted by Crippen LogP contribution is 2.28. The van der Waals surface area contributed by atoms with Crippen LogP contribution in [0, 0.1) is 0 Å². The van der Waals surface area contributed by atoms with Gasteiger partial charge in [-0.15, -0.1) is 0 Å². The molecule has 1 heterocycles. The zero-order valence-corrected chi connectivity index (χ0v) is 11.5. The van der Waals surface area contributed by atoms with Crippen LogP contribution in [0.1, 0.15) is 23.0 Å². The van der Waals surface area contributed by atoms with Gasteiger partial charge in [0.15, 0.2) is 0 Å². The van der Waals surface area contributed by atoms with Crippen molar-refractivity contribution in [3.05, 3.63) is 47.8 Å². The summed E-state index contributed by atoms with van der Waals surface area (Å²) in [6.45, 7) is 1.91. The van der Waals surface area contributed by atoms with Gasteiger partial charge in [-0.1, -0.05) is 6.07 Å². The Kier molecular flexibility index (Phi) is 4.59. The van der Waals surface area contributed by atoms with Crippen molar-refractivity contribution in [3.8, 4) is 0 Å². The number of halogens is 3. The van der Waals surface area contributed by atoms with Gasteiger partial charge in [-0.2, -0.15) is 13.2 Å². The normalized spacial score (nSPS) is 11.1. The maximum Gasteiger partial charge on any atom is 0.433 e. The summed E-state index contributed by atoms with van der Waals surface area (Å²) in [6.07, 6.45) is -3.54. The summed E-state index contributed by atoms with van der Waals surface area (Å²) in [5.41, 5.74) is -0.393. The first-order valence-corrected chi connectivity index (χ1v) is 6.34. The summed E-state index contributed by atoms with van der Waals surface area (Å²) in [5, 5.41) is 2.62. The van der Waals surface area contributed by atoms with Crippen molar-refractivity contribution in [2.24, 2.45) is 0 Å². The molecular formula is C14H12F3N3O2. The van der Waals surface area contributed by atoms with Gasteiger partial charge >= 0.3 is 12.1 Å². The van der Waals surface area contributed by atoms with Gasteiger partial charge in [0.05, 0.1) is 12.2 Å². The Labute approximate surface area is 124 Å². The molecule has 0 aliphatic carbocycles. The summed E-state index contributed by atoms with van der Waals surface area (Å²) in [4.78, 5) is 18.7. The number of benzene rings is 1.